The van der Waals surface area contributed by atoms with Crippen LogP contribution in [0.5, 0.6) is 0 Å². The van der Waals surface area contributed by atoms with Gasteiger partial charge in [-0.05, 0) is 42.5 Å². The molecule has 1 heterocycles. The standard InChI is InChI=1S/C18H14F3N3O/c1-22-17(25)11-2-5-13(6-3-11)24-15-8-9-23-16-10-12(18(19,20)21)4-7-14(15)16/h2-10H,1H3,(H,22,25)(H,23,24). The second kappa shape index (κ2) is 6.43. The summed E-state index contributed by atoms with van der Waals surface area (Å²) in [5, 5.41) is 6.24. The highest BCUT2D eigenvalue weighted by atomic mass is 19.4. The van der Waals surface area contributed by atoms with Crippen LogP contribution in [0.25, 0.3) is 10.9 Å². The maximum Gasteiger partial charge on any atom is 0.416 e. The van der Waals surface area contributed by atoms with Gasteiger partial charge in [-0.3, -0.25) is 9.78 Å². The lowest BCUT2D eigenvalue weighted by atomic mass is 10.1. The molecule has 25 heavy (non-hydrogen) atoms. The molecule has 7 heteroatoms. The normalized spacial score (nSPS) is 11.4. The zero-order chi connectivity index (χ0) is 18.0. The van der Waals surface area contributed by atoms with Gasteiger partial charge in [0.05, 0.1) is 11.1 Å². The van der Waals surface area contributed by atoms with Crippen LogP contribution in [-0.2, 0) is 6.18 Å². The summed E-state index contributed by atoms with van der Waals surface area (Å²) in [4.78, 5) is 15.6. The molecule has 0 atom stereocenters. The first-order valence-corrected chi connectivity index (χ1v) is 7.43. The lowest BCUT2D eigenvalue weighted by Crippen LogP contribution is -2.17. The molecule has 0 spiro atoms. The topological polar surface area (TPSA) is 54.0 Å². The van der Waals surface area contributed by atoms with Crippen molar-refractivity contribution in [3.05, 3.63) is 65.9 Å². The molecule has 0 saturated heterocycles. The fourth-order valence-corrected chi connectivity index (χ4v) is 2.44. The van der Waals surface area contributed by atoms with Crippen LogP contribution in [0.15, 0.2) is 54.7 Å². The molecule has 4 nitrogen and oxygen atoms in total. The Morgan fingerprint density at radius 2 is 1.76 bits per heavy atom. The van der Waals surface area contributed by atoms with Gasteiger partial charge in [-0.1, -0.05) is 6.07 Å². The number of hydrogen-bond donors (Lipinski definition) is 2. The summed E-state index contributed by atoms with van der Waals surface area (Å²) >= 11 is 0. The Morgan fingerprint density at radius 3 is 2.40 bits per heavy atom. The predicted octanol–water partition coefficient (Wildman–Crippen LogP) is 4.36. The van der Waals surface area contributed by atoms with E-state index in [0.717, 1.165) is 12.1 Å². The molecule has 0 aliphatic carbocycles. The maximum absolute atomic E-state index is 12.8. The van der Waals surface area contributed by atoms with Crippen molar-refractivity contribution in [2.75, 3.05) is 12.4 Å². The zero-order valence-corrected chi connectivity index (χ0v) is 13.2. The Labute approximate surface area is 141 Å². The van der Waals surface area contributed by atoms with Gasteiger partial charge >= 0.3 is 6.18 Å². The van der Waals surface area contributed by atoms with Gasteiger partial charge in [0, 0.05) is 35.6 Å². The first-order chi connectivity index (χ1) is 11.9. The van der Waals surface area contributed by atoms with Gasteiger partial charge in [0.15, 0.2) is 0 Å². The van der Waals surface area contributed by atoms with E-state index >= 15 is 0 Å². The molecule has 0 aliphatic heterocycles. The van der Waals surface area contributed by atoms with Crippen molar-refractivity contribution in [1.82, 2.24) is 10.3 Å². The predicted molar refractivity (Wildman–Crippen MR) is 89.9 cm³/mol. The number of benzene rings is 2. The second-order valence-corrected chi connectivity index (χ2v) is 5.37. The summed E-state index contributed by atoms with van der Waals surface area (Å²) in [7, 11) is 1.55. The Balaban J connectivity index is 1.92. The van der Waals surface area contributed by atoms with Gasteiger partial charge in [0.2, 0.25) is 0 Å². The second-order valence-electron chi connectivity index (χ2n) is 5.37. The summed E-state index contributed by atoms with van der Waals surface area (Å²) in [5.74, 6) is -0.194. The smallest absolute Gasteiger partial charge is 0.355 e. The Hall–Kier alpha value is -3.09. The fraction of sp³-hybridized carbons (Fsp3) is 0.111. The number of pyridine rings is 1. The average molecular weight is 345 g/mol. The number of nitrogens with zero attached hydrogens (tertiary/aromatic N) is 1. The molecule has 0 radical (unpaired) electrons. The van der Waals surface area contributed by atoms with E-state index in [1.54, 1.807) is 37.4 Å². The molecule has 2 N–H and O–H groups in total. The van der Waals surface area contributed by atoms with Crippen LogP contribution in [0.1, 0.15) is 15.9 Å². The molecule has 1 aromatic heterocycles. The number of fused-ring (bicyclic) bond motifs is 1. The highest BCUT2D eigenvalue weighted by Gasteiger charge is 2.30. The molecule has 0 aliphatic rings. The van der Waals surface area contributed by atoms with Crippen molar-refractivity contribution < 1.29 is 18.0 Å². The quantitative estimate of drug-likeness (QED) is 0.742. The van der Waals surface area contributed by atoms with Crippen LogP contribution in [0.3, 0.4) is 0 Å². The van der Waals surface area contributed by atoms with Crippen molar-refractivity contribution in [1.29, 1.82) is 0 Å². The van der Waals surface area contributed by atoms with Gasteiger partial charge in [-0.25, -0.2) is 0 Å². The third-order valence-electron chi connectivity index (χ3n) is 3.72. The summed E-state index contributed by atoms with van der Waals surface area (Å²) in [6.45, 7) is 0. The molecule has 1 amide bonds. The molecule has 0 fully saturated rings. The van der Waals surface area contributed by atoms with E-state index in [-0.39, 0.29) is 11.4 Å². The van der Waals surface area contributed by atoms with Gasteiger partial charge in [-0.2, -0.15) is 13.2 Å². The van der Waals surface area contributed by atoms with Crippen molar-refractivity contribution in [2.24, 2.45) is 0 Å². The minimum absolute atomic E-state index is 0.194. The van der Waals surface area contributed by atoms with Crippen LogP contribution >= 0.6 is 0 Å². The minimum atomic E-state index is -4.41. The summed E-state index contributed by atoms with van der Waals surface area (Å²) in [5.41, 5.74) is 1.37. The van der Waals surface area contributed by atoms with E-state index < -0.39 is 11.7 Å². The van der Waals surface area contributed by atoms with E-state index in [9.17, 15) is 18.0 Å². The monoisotopic (exact) mass is 345 g/mol. The van der Waals surface area contributed by atoms with Gasteiger partial charge < -0.3 is 10.6 Å². The molecular weight excluding hydrogens is 331 g/mol. The molecule has 0 saturated carbocycles. The van der Waals surface area contributed by atoms with Gasteiger partial charge in [-0.15, -0.1) is 0 Å². The van der Waals surface area contributed by atoms with Crippen LogP contribution < -0.4 is 10.6 Å². The largest absolute Gasteiger partial charge is 0.416 e. The van der Waals surface area contributed by atoms with Gasteiger partial charge in [0.25, 0.3) is 5.91 Å². The minimum Gasteiger partial charge on any atom is -0.355 e. The third-order valence-corrected chi connectivity index (χ3v) is 3.72. The number of nitrogens with one attached hydrogen (secondary N) is 2. The number of carbonyl (C=O) groups is 1. The number of rotatable bonds is 3. The van der Waals surface area contributed by atoms with Crippen molar-refractivity contribution in [3.63, 3.8) is 0 Å². The molecule has 3 aromatic rings. The first-order valence-electron chi connectivity index (χ1n) is 7.43. The summed E-state index contributed by atoms with van der Waals surface area (Å²) in [6, 6.07) is 11.9. The van der Waals surface area contributed by atoms with Crippen LogP contribution in [-0.4, -0.2) is 17.9 Å². The van der Waals surface area contributed by atoms with Crippen LogP contribution in [0, 0.1) is 0 Å². The van der Waals surface area contributed by atoms with Gasteiger partial charge in [0.1, 0.15) is 0 Å². The fourth-order valence-electron chi connectivity index (χ4n) is 2.44. The third kappa shape index (κ3) is 3.55. The number of alkyl halides is 3. The molecule has 0 unspecified atom stereocenters. The summed E-state index contributed by atoms with van der Waals surface area (Å²) < 4.78 is 38.5. The molecule has 128 valence electrons. The van der Waals surface area contributed by atoms with E-state index in [2.05, 4.69) is 15.6 Å². The number of halogens is 3. The van der Waals surface area contributed by atoms with E-state index in [4.69, 9.17) is 0 Å². The number of hydrogen-bond acceptors (Lipinski definition) is 3. The lowest BCUT2D eigenvalue weighted by molar-refractivity contribution is -0.137. The van der Waals surface area contributed by atoms with E-state index in [1.165, 1.54) is 12.3 Å². The highest BCUT2D eigenvalue weighted by molar-refractivity contribution is 5.95. The lowest BCUT2D eigenvalue weighted by Gasteiger charge is -2.12. The van der Waals surface area contributed by atoms with Crippen molar-refractivity contribution >= 4 is 28.2 Å². The number of carbonyl (C=O) groups excluding carboxylic acids is 1. The average Bonchev–Trinajstić information content (AvgIpc) is 2.61. The molecule has 3 rings (SSSR count). The maximum atomic E-state index is 12.8. The van der Waals surface area contributed by atoms with Crippen molar-refractivity contribution in [2.45, 2.75) is 6.18 Å². The Kier molecular flexibility index (Phi) is 4.31. The molecule has 0 bridgehead atoms. The van der Waals surface area contributed by atoms with Crippen LogP contribution in [0.4, 0.5) is 24.5 Å². The van der Waals surface area contributed by atoms with E-state index in [1.807, 2.05) is 0 Å². The molecule has 2 aromatic carbocycles. The molecular formula is C18H14F3N3O. The summed E-state index contributed by atoms with van der Waals surface area (Å²) in [6.07, 6.45) is -2.96. The zero-order valence-electron chi connectivity index (χ0n) is 13.2. The first kappa shape index (κ1) is 16.8. The number of aromatic nitrogens is 1. The van der Waals surface area contributed by atoms with Crippen LogP contribution in [0.2, 0.25) is 0 Å². The highest BCUT2D eigenvalue weighted by Crippen LogP contribution is 2.33. The van der Waals surface area contributed by atoms with E-state index in [0.29, 0.717) is 22.3 Å². The SMILES string of the molecule is CNC(=O)c1ccc(Nc2ccnc3cc(C(F)(F)F)ccc23)cc1. The number of anilines is 2. The Bertz CT molecular complexity index is 921. The van der Waals surface area contributed by atoms with Crippen molar-refractivity contribution in [3.8, 4) is 0 Å². The Morgan fingerprint density at radius 1 is 1.04 bits per heavy atom. The number of amides is 1.